The highest BCUT2D eigenvalue weighted by Gasteiger charge is 2.39. The predicted molar refractivity (Wildman–Crippen MR) is 135 cm³/mol. The third-order valence-electron chi connectivity index (χ3n) is 5.88. The Labute approximate surface area is 206 Å². The highest BCUT2D eigenvalue weighted by atomic mass is 16.3. The molecule has 1 amide bonds. The minimum Gasteiger partial charge on any atom is -0.390 e. The van der Waals surface area contributed by atoms with E-state index < -0.39 is 30.1 Å². The second kappa shape index (κ2) is 13.7. The molecule has 7 nitrogen and oxygen atoms in total. The van der Waals surface area contributed by atoms with Crippen molar-refractivity contribution < 1.29 is 29.7 Å². The molecule has 0 aromatic rings. The molecule has 0 saturated carbocycles. The fraction of sp³-hybridized carbons (Fsp3) is 0.393. The molecule has 0 unspecified atom stereocenters. The summed E-state index contributed by atoms with van der Waals surface area (Å²) in [4.78, 5) is 38.8. The van der Waals surface area contributed by atoms with Gasteiger partial charge in [0.2, 0.25) is 5.91 Å². The molecule has 0 spiro atoms. The van der Waals surface area contributed by atoms with Crippen LogP contribution in [0.1, 0.15) is 33.6 Å². The lowest BCUT2D eigenvalue weighted by Gasteiger charge is -2.23. The van der Waals surface area contributed by atoms with E-state index in [1.807, 2.05) is 13.8 Å². The van der Waals surface area contributed by atoms with Gasteiger partial charge < -0.3 is 20.2 Å². The lowest BCUT2D eigenvalue weighted by atomic mass is 10.0. The fourth-order valence-electron chi connectivity index (χ4n) is 3.73. The first kappa shape index (κ1) is 28.1. The van der Waals surface area contributed by atoms with E-state index in [9.17, 15) is 29.7 Å². The summed E-state index contributed by atoms with van der Waals surface area (Å²) in [5, 5.41) is 30.6. The van der Waals surface area contributed by atoms with Gasteiger partial charge >= 0.3 is 0 Å². The van der Waals surface area contributed by atoms with Crippen LogP contribution in [0.4, 0.5) is 0 Å². The van der Waals surface area contributed by atoms with Crippen LogP contribution in [0.15, 0.2) is 84.1 Å². The van der Waals surface area contributed by atoms with Crippen LogP contribution < -0.4 is 0 Å². The summed E-state index contributed by atoms with van der Waals surface area (Å²) in [7, 11) is 0. The molecule has 1 saturated heterocycles. The van der Waals surface area contributed by atoms with Gasteiger partial charge in [-0.15, -0.1) is 0 Å². The first-order valence-electron chi connectivity index (χ1n) is 11.7. The molecular formula is C28H35NO6. The van der Waals surface area contributed by atoms with Crippen LogP contribution in [0.25, 0.3) is 0 Å². The van der Waals surface area contributed by atoms with E-state index in [4.69, 9.17) is 0 Å². The van der Waals surface area contributed by atoms with Crippen molar-refractivity contribution in [1.82, 2.24) is 4.90 Å². The van der Waals surface area contributed by atoms with Crippen molar-refractivity contribution in [3.05, 3.63) is 84.1 Å². The van der Waals surface area contributed by atoms with Crippen molar-refractivity contribution in [3.63, 3.8) is 0 Å². The van der Waals surface area contributed by atoms with Gasteiger partial charge in [-0.05, 0) is 32.4 Å². The van der Waals surface area contributed by atoms with Gasteiger partial charge in [-0.3, -0.25) is 14.4 Å². The monoisotopic (exact) mass is 481 g/mol. The van der Waals surface area contributed by atoms with E-state index in [1.54, 1.807) is 66.5 Å². The molecule has 3 N–H and O–H groups in total. The van der Waals surface area contributed by atoms with Gasteiger partial charge in [0.15, 0.2) is 11.6 Å². The molecule has 188 valence electrons. The lowest BCUT2D eigenvalue weighted by Crippen LogP contribution is -2.39. The average Bonchev–Trinajstić information content (AvgIpc) is 3.10. The van der Waals surface area contributed by atoms with Crippen LogP contribution in [-0.4, -0.2) is 68.6 Å². The van der Waals surface area contributed by atoms with Crippen molar-refractivity contribution in [2.24, 2.45) is 5.92 Å². The number of carbonyl (C=O) groups excluding carboxylic acids is 3. The van der Waals surface area contributed by atoms with E-state index >= 15 is 0 Å². The van der Waals surface area contributed by atoms with Gasteiger partial charge in [-0.2, -0.15) is 0 Å². The Morgan fingerprint density at radius 3 is 2.26 bits per heavy atom. The van der Waals surface area contributed by atoms with Crippen molar-refractivity contribution >= 4 is 17.5 Å². The molecule has 35 heavy (non-hydrogen) atoms. The highest BCUT2D eigenvalue weighted by molar-refractivity contribution is 6.04. The molecule has 1 fully saturated rings. The Hall–Kier alpha value is -3.13. The van der Waals surface area contributed by atoms with Crippen molar-refractivity contribution in [1.29, 1.82) is 0 Å². The maximum atomic E-state index is 12.8. The number of aliphatic hydroxyl groups excluding tert-OH is 3. The lowest BCUT2D eigenvalue weighted by molar-refractivity contribution is -0.135. The van der Waals surface area contributed by atoms with Crippen LogP contribution in [0.3, 0.4) is 0 Å². The second-order valence-corrected chi connectivity index (χ2v) is 8.98. The summed E-state index contributed by atoms with van der Waals surface area (Å²) in [5.41, 5.74) is 1.60. The minimum atomic E-state index is -1.53. The maximum absolute atomic E-state index is 12.8. The number of amides is 1. The molecular weight excluding hydrogens is 446 g/mol. The third-order valence-corrected chi connectivity index (χ3v) is 5.88. The number of hydrogen-bond acceptors (Lipinski definition) is 6. The molecule has 0 aliphatic carbocycles. The molecule has 5 atom stereocenters. The Morgan fingerprint density at radius 1 is 0.857 bits per heavy atom. The predicted octanol–water partition coefficient (Wildman–Crippen LogP) is 2.52. The van der Waals surface area contributed by atoms with E-state index in [2.05, 4.69) is 0 Å². The molecule has 2 aliphatic rings. The molecule has 0 radical (unpaired) electrons. The van der Waals surface area contributed by atoms with E-state index in [1.165, 1.54) is 18.2 Å². The van der Waals surface area contributed by atoms with Crippen LogP contribution in [0.2, 0.25) is 0 Å². The average molecular weight is 482 g/mol. The van der Waals surface area contributed by atoms with Crippen LogP contribution in [-0.2, 0) is 14.4 Å². The number of carbonyl (C=O) groups is 3. The first-order valence-corrected chi connectivity index (χ1v) is 11.7. The Morgan fingerprint density at radius 2 is 1.51 bits per heavy atom. The van der Waals surface area contributed by atoms with Crippen molar-refractivity contribution in [3.8, 4) is 0 Å². The van der Waals surface area contributed by atoms with Crippen LogP contribution in [0.5, 0.6) is 0 Å². The number of rotatable bonds is 0. The molecule has 2 rings (SSSR count). The molecule has 7 heteroatoms. The van der Waals surface area contributed by atoms with E-state index in [-0.39, 0.29) is 30.4 Å². The second-order valence-electron chi connectivity index (χ2n) is 8.98. The van der Waals surface area contributed by atoms with Gasteiger partial charge in [0.1, 0.15) is 6.10 Å². The summed E-state index contributed by atoms with van der Waals surface area (Å²) in [5.74, 6) is -1.39. The quantitative estimate of drug-likeness (QED) is 0.458. The summed E-state index contributed by atoms with van der Waals surface area (Å²) in [6.45, 7) is 5.86. The first-order chi connectivity index (χ1) is 16.6. The largest absolute Gasteiger partial charge is 0.390 e. The molecule has 0 aromatic carbocycles. The Kier molecular flexibility index (Phi) is 11.0. The van der Waals surface area contributed by atoms with Crippen LogP contribution >= 0.6 is 0 Å². The fourth-order valence-corrected chi connectivity index (χ4v) is 3.73. The van der Waals surface area contributed by atoms with E-state index in [0.717, 1.165) is 11.1 Å². The van der Waals surface area contributed by atoms with Gasteiger partial charge in [-0.1, -0.05) is 78.8 Å². The van der Waals surface area contributed by atoms with Gasteiger partial charge in [-0.25, -0.2) is 0 Å². The zero-order valence-electron chi connectivity index (χ0n) is 20.4. The molecule has 2 heterocycles. The van der Waals surface area contributed by atoms with Gasteiger partial charge in [0.25, 0.3) is 0 Å². The Bertz CT molecular complexity index is 997. The van der Waals surface area contributed by atoms with Crippen molar-refractivity contribution in [2.75, 3.05) is 6.54 Å². The summed E-state index contributed by atoms with van der Waals surface area (Å²) < 4.78 is 0. The smallest absolute Gasteiger partial charge is 0.230 e. The standard InChI is InChI=1S/C28H35NO6/c1-19-9-4-6-13-24(31)28(35)25(32)14-7-5-10-20(2)15-16-22(30)17-26(33)29-18-21(3)27(34)23(29)12-8-11-19/h4-13,15-16,21,23,25,27-28,32,34-35H,14,17-18H2,1-3H3/b7-5-,9-4-,12-8-,13-6+,16-15-,19-11-,20-10-/t21-,23+,25+,27-,28-/m1/s1. The topological polar surface area (TPSA) is 115 Å². The molecule has 2 aliphatic heterocycles. The number of nitrogens with zero attached hydrogens (tertiary/aromatic N) is 1. The molecule has 0 bridgehead atoms. The Balaban J connectivity index is 2.29. The zero-order valence-corrected chi connectivity index (χ0v) is 20.4. The summed E-state index contributed by atoms with van der Waals surface area (Å²) in [6, 6.07) is -0.527. The number of hydrogen-bond donors (Lipinski definition) is 3. The highest BCUT2D eigenvalue weighted by Crippen LogP contribution is 2.25. The normalized spacial score (nSPS) is 37.4. The third kappa shape index (κ3) is 8.87. The summed E-state index contributed by atoms with van der Waals surface area (Å²) >= 11 is 0. The number of aliphatic hydroxyl groups is 3. The SMILES string of the molecule is CC1=C/C=C\[C@H]2[C@H](O)[C@H](C)CN2C(=O)CC(=O)\C=C/C(C)=C\C=C/C[C@H](O)[C@H](O)C(=O)/C=C/C=C\1. The number of fused-ring (bicyclic) bond motifs is 1. The molecule has 0 aromatic heterocycles. The number of allylic oxidation sites excluding steroid dienone is 11. The van der Waals surface area contributed by atoms with Crippen molar-refractivity contribution in [2.45, 2.75) is 58.0 Å². The number of ketones is 2. The van der Waals surface area contributed by atoms with Gasteiger partial charge in [0.05, 0.1) is 24.7 Å². The maximum Gasteiger partial charge on any atom is 0.230 e. The van der Waals surface area contributed by atoms with Crippen LogP contribution in [0, 0.1) is 5.92 Å². The summed E-state index contributed by atoms with van der Waals surface area (Å²) in [6.07, 6.45) is 15.6. The van der Waals surface area contributed by atoms with Gasteiger partial charge in [0, 0.05) is 12.5 Å². The minimum absolute atomic E-state index is 0.0764. The van der Waals surface area contributed by atoms with E-state index in [0.29, 0.717) is 6.54 Å². The zero-order chi connectivity index (χ0) is 26.0.